The van der Waals surface area contributed by atoms with Gasteiger partial charge in [-0.1, -0.05) is 30.0 Å². The number of H-pyrrole nitrogens is 1. The van der Waals surface area contributed by atoms with Crippen LogP contribution < -0.4 is 15.6 Å². The molecular formula is C20H19N3O3S. The summed E-state index contributed by atoms with van der Waals surface area (Å²) in [7, 11) is 0. The van der Waals surface area contributed by atoms with Crippen LogP contribution in [-0.2, 0) is 4.79 Å². The maximum Gasteiger partial charge on any atom is 0.251 e. The van der Waals surface area contributed by atoms with Crippen LogP contribution in [0.2, 0.25) is 0 Å². The first kappa shape index (κ1) is 18.7. The summed E-state index contributed by atoms with van der Waals surface area (Å²) in [5, 5.41) is 2.85. The van der Waals surface area contributed by atoms with Crippen LogP contribution in [0.15, 0.2) is 70.6 Å². The molecule has 3 rings (SSSR count). The average molecular weight is 381 g/mol. The maximum absolute atomic E-state index is 12.4. The molecule has 0 bridgehead atoms. The number of aryl methyl sites for hydroxylation is 1. The Kier molecular flexibility index (Phi) is 5.93. The van der Waals surface area contributed by atoms with Gasteiger partial charge < -0.3 is 15.0 Å². The van der Waals surface area contributed by atoms with Crippen molar-refractivity contribution in [2.45, 2.75) is 24.3 Å². The number of nitrogens with zero attached hydrogens (tertiary/aromatic N) is 1. The van der Waals surface area contributed by atoms with Crippen molar-refractivity contribution in [2.24, 2.45) is 0 Å². The van der Waals surface area contributed by atoms with E-state index < -0.39 is 5.25 Å². The van der Waals surface area contributed by atoms with Crippen LogP contribution in [0.4, 0.5) is 5.69 Å². The quantitative estimate of drug-likeness (QED) is 0.498. The van der Waals surface area contributed by atoms with Crippen LogP contribution in [-0.4, -0.2) is 21.1 Å². The molecule has 0 spiro atoms. The van der Waals surface area contributed by atoms with Gasteiger partial charge in [-0.2, -0.15) is 0 Å². The van der Waals surface area contributed by atoms with Crippen molar-refractivity contribution >= 4 is 23.4 Å². The minimum absolute atomic E-state index is 0.180. The molecular weight excluding hydrogens is 362 g/mol. The zero-order chi connectivity index (χ0) is 19.2. The number of carbonyl (C=O) groups excluding carboxylic acids is 1. The summed E-state index contributed by atoms with van der Waals surface area (Å²) < 4.78 is 5.73. The predicted octanol–water partition coefficient (Wildman–Crippen LogP) is 3.99. The zero-order valence-corrected chi connectivity index (χ0v) is 15.7. The molecule has 2 aromatic carbocycles. The highest BCUT2D eigenvalue weighted by atomic mass is 32.2. The molecule has 1 heterocycles. The van der Waals surface area contributed by atoms with Crippen molar-refractivity contribution in [3.63, 3.8) is 0 Å². The third kappa shape index (κ3) is 5.46. The fourth-order valence-corrected chi connectivity index (χ4v) is 3.16. The fourth-order valence-electron chi connectivity index (χ4n) is 2.30. The molecule has 2 N–H and O–H groups in total. The van der Waals surface area contributed by atoms with Gasteiger partial charge in [-0.25, -0.2) is 4.98 Å². The van der Waals surface area contributed by atoms with E-state index in [9.17, 15) is 9.59 Å². The molecule has 1 amide bonds. The Hall–Kier alpha value is -3.06. The standard InChI is InChI=1S/C20H19N3O3S/c1-13-12-18(24)23-20(21-13)27-14(2)19(25)22-15-8-10-17(11-9-15)26-16-6-4-3-5-7-16/h3-12,14H,1-2H3,(H,22,25)(H,21,23,24)/t14-/m0/s1. The Morgan fingerprint density at radius 1 is 1.11 bits per heavy atom. The predicted molar refractivity (Wildman–Crippen MR) is 107 cm³/mol. The number of nitrogens with one attached hydrogen (secondary N) is 2. The summed E-state index contributed by atoms with van der Waals surface area (Å²) in [5.74, 6) is 1.25. The summed E-state index contributed by atoms with van der Waals surface area (Å²) in [4.78, 5) is 30.7. The minimum Gasteiger partial charge on any atom is -0.457 e. The zero-order valence-electron chi connectivity index (χ0n) is 14.9. The molecule has 0 fully saturated rings. The Balaban J connectivity index is 1.59. The van der Waals surface area contributed by atoms with E-state index in [0.717, 1.165) is 5.75 Å². The van der Waals surface area contributed by atoms with E-state index in [1.165, 1.54) is 17.8 Å². The molecule has 138 valence electrons. The van der Waals surface area contributed by atoms with Crippen LogP contribution >= 0.6 is 11.8 Å². The van der Waals surface area contributed by atoms with Crippen molar-refractivity contribution < 1.29 is 9.53 Å². The van der Waals surface area contributed by atoms with Gasteiger partial charge in [-0.3, -0.25) is 9.59 Å². The van der Waals surface area contributed by atoms with Gasteiger partial charge in [0.1, 0.15) is 11.5 Å². The van der Waals surface area contributed by atoms with Crippen LogP contribution in [0.1, 0.15) is 12.6 Å². The Morgan fingerprint density at radius 2 is 1.78 bits per heavy atom. The molecule has 7 heteroatoms. The van der Waals surface area contributed by atoms with Crippen molar-refractivity contribution in [1.29, 1.82) is 0 Å². The number of hydrogen-bond acceptors (Lipinski definition) is 5. The molecule has 6 nitrogen and oxygen atoms in total. The van der Waals surface area contributed by atoms with Crippen LogP contribution in [0.5, 0.6) is 11.5 Å². The molecule has 1 aromatic heterocycles. The Morgan fingerprint density at radius 3 is 2.44 bits per heavy atom. The molecule has 0 unspecified atom stereocenters. The number of ether oxygens (including phenoxy) is 1. The number of rotatable bonds is 6. The van der Waals surface area contributed by atoms with Gasteiger partial charge in [0.15, 0.2) is 5.16 Å². The maximum atomic E-state index is 12.4. The van der Waals surface area contributed by atoms with Crippen molar-refractivity contribution in [1.82, 2.24) is 9.97 Å². The van der Waals surface area contributed by atoms with Crippen LogP contribution in [0.25, 0.3) is 0 Å². The SMILES string of the molecule is Cc1cc(=O)[nH]c(S[C@@H](C)C(=O)Nc2ccc(Oc3ccccc3)cc2)n1. The number of thioether (sulfide) groups is 1. The molecule has 3 aromatic rings. The Labute approximate surface area is 161 Å². The minimum atomic E-state index is -0.421. The molecule has 0 saturated heterocycles. The van der Waals surface area contributed by atoms with E-state index in [2.05, 4.69) is 15.3 Å². The van der Waals surface area contributed by atoms with Gasteiger partial charge in [-0.05, 0) is 50.2 Å². The number of carbonyl (C=O) groups is 1. The smallest absolute Gasteiger partial charge is 0.251 e. The summed E-state index contributed by atoms with van der Waals surface area (Å²) in [6.45, 7) is 3.50. The molecule has 0 aliphatic heterocycles. The van der Waals surface area contributed by atoms with E-state index >= 15 is 0 Å². The number of aromatic amines is 1. The lowest BCUT2D eigenvalue weighted by Gasteiger charge is -2.12. The number of amides is 1. The highest BCUT2D eigenvalue weighted by Crippen LogP contribution is 2.24. The highest BCUT2D eigenvalue weighted by Gasteiger charge is 2.16. The molecule has 1 atom stereocenters. The Bertz CT molecular complexity index is 972. The lowest BCUT2D eigenvalue weighted by atomic mass is 10.3. The van der Waals surface area contributed by atoms with Gasteiger partial charge >= 0.3 is 0 Å². The summed E-state index contributed by atoms with van der Waals surface area (Å²) in [6, 6.07) is 18.0. The second kappa shape index (κ2) is 8.55. The van der Waals surface area contributed by atoms with E-state index in [1.54, 1.807) is 38.1 Å². The second-order valence-electron chi connectivity index (χ2n) is 5.88. The summed E-state index contributed by atoms with van der Waals surface area (Å²) in [6.07, 6.45) is 0. The molecule has 0 aliphatic carbocycles. The number of para-hydroxylation sites is 1. The van der Waals surface area contributed by atoms with Crippen LogP contribution in [0, 0.1) is 6.92 Å². The molecule has 0 saturated carbocycles. The van der Waals surface area contributed by atoms with Crippen LogP contribution in [0.3, 0.4) is 0 Å². The average Bonchev–Trinajstić information content (AvgIpc) is 2.63. The number of hydrogen-bond donors (Lipinski definition) is 2. The first-order valence-corrected chi connectivity index (χ1v) is 9.26. The van der Waals surface area contributed by atoms with Gasteiger partial charge in [0.05, 0.1) is 5.25 Å². The van der Waals surface area contributed by atoms with Crippen molar-refractivity contribution in [2.75, 3.05) is 5.32 Å². The third-order valence-corrected chi connectivity index (χ3v) is 4.59. The van der Waals surface area contributed by atoms with E-state index in [-0.39, 0.29) is 11.5 Å². The lowest BCUT2D eigenvalue weighted by Crippen LogP contribution is -2.23. The second-order valence-corrected chi connectivity index (χ2v) is 7.21. The summed E-state index contributed by atoms with van der Waals surface area (Å²) in [5.41, 5.74) is 1.05. The van der Waals surface area contributed by atoms with Gasteiger partial charge in [0.2, 0.25) is 5.91 Å². The highest BCUT2D eigenvalue weighted by molar-refractivity contribution is 8.00. The first-order chi connectivity index (χ1) is 13.0. The number of benzene rings is 2. The van der Waals surface area contributed by atoms with Crippen molar-refractivity contribution in [3.8, 4) is 11.5 Å². The third-order valence-electron chi connectivity index (χ3n) is 3.61. The van der Waals surface area contributed by atoms with Gasteiger partial charge in [0, 0.05) is 17.4 Å². The molecule has 27 heavy (non-hydrogen) atoms. The first-order valence-electron chi connectivity index (χ1n) is 8.38. The van der Waals surface area contributed by atoms with Crippen molar-refractivity contribution in [3.05, 3.63) is 76.7 Å². The number of anilines is 1. The van der Waals surface area contributed by atoms with E-state index in [0.29, 0.717) is 22.3 Å². The normalized spacial score (nSPS) is 11.6. The topological polar surface area (TPSA) is 84.1 Å². The summed E-state index contributed by atoms with van der Waals surface area (Å²) >= 11 is 1.20. The largest absolute Gasteiger partial charge is 0.457 e. The van der Waals surface area contributed by atoms with Gasteiger partial charge in [-0.15, -0.1) is 0 Å². The monoisotopic (exact) mass is 381 g/mol. The van der Waals surface area contributed by atoms with Gasteiger partial charge in [0.25, 0.3) is 5.56 Å². The van der Waals surface area contributed by atoms with E-state index in [1.807, 2.05) is 30.3 Å². The molecule has 0 radical (unpaired) electrons. The molecule has 0 aliphatic rings. The lowest BCUT2D eigenvalue weighted by molar-refractivity contribution is -0.115. The van der Waals surface area contributed by atoms with E-state index in [4.69, 9.17) is 4.74 Å². The fraction of sp³-hybridized carbons (Fsp3) is 0.150. The number of aromatic nitrogens is 2.